The van der Waals surface area contributed by atoms with Crippen LogP contribution in [0.2, 0.25) is 0 Å². The second-order valence-electron chi connectivity index (χ2n) is 5.98. The average molecular weight is 360 g/mol. The zero-order chi connectivity index (χ0) is 18.8. The van der Waals surface area contributed by atoms with Crippen molar-refractivity contribution in [2.45, 2.75) is 13.5 Å². The predicted octanol–water partition coefficient (Wildman–Crippen LogP) is 2.84. The second-order valence-corrected chi connectivity index (χ2v) is 5.98. The highest BCUT2D eigenvalue weighted by molar-refractivity contribution is 5.76. The van der Waals surface area contributed by atoms with Gasteiger partial charge in [0.25, 0.3) is 5.56 Å². The molecule has 0 fully saturated rings. The maximum Gasteiger partial charge on any atom is 0.303 e. The molecule has 0 aliphatic carbocycles. The quantitative estimate of drug-likeness (QED) is 0.565. The average Bonchev–Trinajstić information content (AvgIpc) is 3.10. The first-order valence-corrected chi connectivity index (χ1v) is 8.39. The van der Waals surface area contributed by atoms with E-state index in [1.54, 1.807) is 16.8 Å². The molecule has 2 heterocycles. The summed E-state index contributed by atoms with van der Waals surface area (Å²) in [6.07, 6.45) is 0. The van der Waals surface area contributed by atoms with Crippen molar-refractivity contribution in [3.8, 4) is 17.1 Å². The fourth-order valence-corrected chi connectivity index (χ4v) is 2.81. The zero-order valence-electron chi connectivity index (χ0n) is 14.5. The summed E-state index contributed by atoms with van der Waals surface area (Å²) in [6.45, 7) is 1.39. The molecule has 0 radical (unpaired) electrons. The van der Waals surface area contributed by atoms with Crippen LogP contribution in [0.5, 0.6) is 0 Å². The number of para-hydroxylation sites is 3. The lowest BCUT2D eigenvalue weighted by Crippen LogP contribution is -2.12. The molecule has 0 saturated carbocycles. The van der Waals surface area contributed by atoms with E-state index in [1.165, 1.54) is 6.92 Å². The Kier molecular flexibility index (Phi) is 4.25. The van der Waals surface area contributed by atoms with Crippen LogP contribution in [0, 0.1) is 0 Å². The number of esters is 1. The van der Waals surface area contributed by atoms with E-state index in [9.17, 15) is 9.59 Å². The first-order chi connectivity index (χ1) is 13.1. The number of carbonyl (C=O) groups excluding carboxylic acids is 1. The molecule has 1 N–H and O–H groups in total. The summed E-state index contributed by atoms with van der Waals surface area (Å²) in [4.78, 5) is 31.0. The van der Waals surface area contributed by atoms with Crippen LogP contribution in [-0.4, -0.2) is 25.7 Å². The van der Waals surface area contributed by atoms with Gasteiger partial charge in [0.1, 0.15) is 12.3 Å². The second kappa shape index (κ2) is 6.87. The lowest BCUT2D eigenvalue weighted by molar-refractivity contribution is -0.142. The lowest BCUT2D eigenvalue weighted by atomic mass is 10.2. The largest absolute Gasteiger partial charge is 0.459 e. The number of hydrogen-bond donors (Lipinski definition) is 1. The van der Waals surface area contributed by atoms with E-state index in [-0.39, 0.29) is 23.8 Å². The molecule has 0 bridgehead atoms. The highest BCUT2D eigenvalue weighted by Gasteiger charge is 2.16. The molecule has 0 aliphatic rings. The van der Waals surface area contributed by atoms with Gasteiger partial charge in [-0.15, -0.1) is 0 Å². The monoisotopic (exact) mass is 360 g/mol. The molecule has 4 aromatic rings. The zero-order valence-corrected chi connectivity index (χ0v) is 14.5. The topological polar surface area (TPSA) is 89.9 Å². The number of benzene rings is 2. The van der Waals surface area contributed by atoms with Crippen LogP contribution in [0.3, 0.4) is 0 Å². The third-order valence-electron chi connectivity index (χ3n) is 4.05. The Balaban J connectivity index is 1.85. The summed E-state index contributed by atoms with van der Waals surface area (Å²) in [5.41, 5.74) is 3.06. The van der Waals surface area contributed by atoms with Crippen LogP contribution >= 0.6 is 0 Å². The van der Waals surface area contributed by atoms with Gasteiger partial charge in [-0.25, -0.2) is 9.67 Å². The van der Waals surface area contributed by atoms with E-state index in [0.717, 1.165) is 5.69 Å². The highest BCUT2D eigenvalue weighted by Crippen LogP contribution is 2.20. The standard InChI is InChI=1S/C20H16N4O3/c1-13(25)27-12-15-11-18(23-24(15)14-7-3-2-4-8-14)19-20(26)22-17-10-6-5-9-16(17)21-19/h2-11H,12H2,1H3,(H,22,26). The van der Waals surface area contributed by atoms with E-state index in [0.29, 0.717) is 22.4 Å². The van der Waals surface area contributed by atoms with E-state index >= 15 is 0 Å². The molecule has 7 nitrogen and oxygen atoms in total. The molecule has 0 atom stereocenters. The van der Waals surface area contributed by atoms with E-state index in [4.69, 9.17) is 4.74 Å². The number of nitrogens with one attached hydrogen (secondary N) is 1. The number of carbonyl (C=O) groups is 1. The van der Waals surface area contributed by atoms with E-state index < -0.39 is 0 Å². The van der Waals surface area contributed by atoms with Crippen LogP contribution in [0.1, 0.15) is 12.6 Å². The van der Waals surface area contributed by atoms with Gasteiger partial charge in [0.05, 0.1) is 22.4 Å². The molecular weight excluding hydrogens is 344 g/mol. The molecule has 0 aliphatic heterocycles. The minimum Gasteiger partial charge on any atom is -0.459 e. The molecular formula is C20H16N4O3. The number of hydrogen-bond acceptors (Lipinski definition) is 5. The first kappa shape index (κ1) is 16.7. The van der Waals surface area contributed by atoms with Gasteiger partial charge in [0.2, 0.25) is 0 Å². The van der Waals surface area contributed by atoms with Gasteiger partial charge in [-0.3, -0.25) is 9.59 Å². The summed E-state index contributed by atoms with van der Waals surface area (Å²) in [5, 5.41) is 4.54. The highest BCUT2D eigenvalue weighted by atomic mass is 16.5. The molecule has 0 saturated heterocycles. The number of H-pyrrole nitrogens is 1. The fraction of sp³-hybridized carbons (Fsp3) is 0.100. The Morgan fingerprint density at radius 2 is 1.85 bits per heavy atom. The molecule has 27 heavy (non-hydrogen) atoms. The van der Waals surface area contributed by atoms with Crippen LogP contribution in [0.4, 0.5) is 0 Å². The number of aromatic nitrogens is 4. The Bertz CT molecular complexity index is 1180. The van der Waals surface area contributed by atoms with Gasteiger partial charge in [0.15, 0.2) is 5.69 Å². The van der Waals surface area contributed by atoms with Gasteiger partial charge in [-0.2, -0.15) is 5.10 Å². The number of ether oxygens (including phenoxy) is 1. The van der Waals surface area contributed by atoms with Crippen molar-refractivity contribution in [2.24, 2.45) is 0 Å². The Labute approximate surface area is 154 Å². The molecule has 0 amide bonds. The Morgan fingerprint density at radius 1 is 1.11 bits per heavy atom. The molecule has 134 valence electrons. The summed E-state index contributed by atoms with van der Waals surface area (Å²) >= 11 is 0. The van der Waals surface area contributed by atoms with E-state index in [2.05, 4.69) is 15.1 Å². The minimum absolute atomic E-state index is 0.0444. The van der Waals surface area contributed by atoms with Gasteiger partial charge in [0, 0.05) is 6.92 Å². The SMILES string of the molecule is CC(=O)OCc1cc(-c2nc3ccccc3[nH]c2=O)nn1-c1ccccc1. The Morgan fingerprint density at radius 3 is 2.63 bits per heavy atom. The van der Waals surface area contributed by atoms with Crippen molar-refractivity contribution in [2.75, 3.05) is 0 Å². The Hall–Kier alpha value is -3.74. The van der Waals surface area contributed by atoms with E-state index in [1.807, 2.05) is 48.5 Å². The number of rotatable bonds is 4. The van der Waals surface area contributed by atoms with Crippen molar-refractivity contribution in [3.63, 3.8) is 0 Å². The molecule has 7 heteroatoms. The first-order valence-electron chi connectivity index (χ1n) is 8.39. The predicted molar refractivity (Wildman–Crippen MR) is 100 cm³/mol. The molecule has 0 spiro atoms. The number of aromatic amines is 1. The minimum atomic E-state index is -0.390. The maximum atomic E-state index is 12.5. The lowest BCUT2D eigenvalue weighted by Gasteiger charge is -2.07. The summed E-state index contributed by atoms with van der Waals surface area (Å²) in [6, 6.07) is 18.4. The van der Waals surface area contributed by atoms with Gasteiger partial charge < -0.3 is 9.72 Å². The smallest absolute Gasteiger partial charge is 0.303 e. The van der Waals surface area contributed by atoms with Crippen LogP contribution in [0.25, 0.3) is 28.1 Å². The normalized spacial score (nSPS) is 10.9. The van der Waals surface area contributed by atoms with Crippen molar-refractivity contribution >= 4 is 17.0 Å². The van der Waals surface area contributed by atoms with Gasteiger partial charge >= 0.3 is 5.97 Å². The molecule has 4 rings (SSSR count). The summed E-state index contributed by atoms with van der Waals surface area (Å²) in [7, 11) is 0. The third kappa shape index (κ3) is 3.35. The van der Waals surface area contributed by atoms with Crippen LogP contribution < -0.4 is 5.56 Å². The van der Waals surface area contributed by atoms with Crippen molar-refractivity contribution in [1.29, 1.82) is 0 Å². The van der Waals surface area contributed by atoms with Crippen molar-refractivity contribution in [1.82, 2.24) is 19.7 Å². The van der Waals surface area contributed by atoms with Crippen LogP contribution in [-0.2, 0) is 16.1 Å². The number of fused-ring (bicyclic) bond motifs is 1. The van der Waals surface area contributed by atoms with Gasteiger partial charge in [-0.05, 0) is 30.3 Å². The molecule has 0 unspecified atom stereocenters. The van der Waals surface area contributed by atoms with Crippen molar-refractivity contribution < 1.29 is 9.53 Å². The van der Waals surface area contributed by atoms with Gasteiger partial charge in [-0.1, -0.05) is 30.3 Å². The maximum absolute atomic E-state index is 12.5. The summed E-state index contributed by atoms with van der Waals surface area (Å²) in [5.74, 6) is -0.390. The summed E-state index contributed by atoms with van der Waals surface area (Å²) < 4.78 is 6.78. The number of nitrogens with zero attached hydrogens (tertiary/aromatic N) is 3. The molecule has 2 aromatic heterocycles. The molecule has 2 aromatic carbocycles. The van der Waals surface area contributed by atoms with Crippen molar-refractivity contribution in [3.05, 3.63) is 76.7 Å². The van der Waals surface area contributed by atoms with Crippen LogP contribution in [0.15, 0.2) is 65.5 Å². The third-order valence-corrected chi connectivity index (χ3v) is 4.05. The fourth-order valence-electron chi connectivity index (χ4n) is 2.81.